The molecule has 11 nitrogen and oxygen atoms in total. The van der Waals surface area contributed by atoms with Crippen molar-refractivity contribution in [1.29, 1.82) is 0 Å². The minimum atomic E-state index is -1.03. The van der Waals surface area contributed by atoms with Crippen molar-refractivity contribution in [2.75, 3.05) is 18.5 Å². The number of hydrogen-bond donors (Lipinski definition) is 5. The molecule has 0 heterocycles. The molecule has 238 valence electrons. The van der Waals surface area contributed by atoms with Crippen LogP contribution >= 0.6 is 0 Å². The number of carbonyl (C=O) groups excluding carboxylic acids is 4. The van der Waals surface area contributed by atoms with Gasteiger partial charge in [0, 0.05) is 18.7 Å². The van der Waals surface area contributed by atoms with Gasteiger partial charge in [-0.25, -0.2) is 9.59 Å². The second-order valence-corrected chi connectivity index (χ2v) is 10.2. The van der Waals surface area contributed by atoms with Crippen molar-refractivity contribution < 1.29 is 33.8 Å². The lowest BCUT2D eigenvalue weighted by atomic mass is 10.0. The maximum Gasteiger partial charge on any atom is 0.408 e. The van der Waals surface area contributed by atoms with E-state index in [4.69, 9.17) is 9.47 Å². The zero-order valence-corrected chi connectivity index (χ0v) is 25.1. The van der Waals surface area contributed by atoms with E-state index in [2.05, 4.69) is 27.8 Å². The van der Waals surface area contributed by atoms with Gasteiger partial charge in [0.1, 0.15) is 25.3 Å². The summed E-state index contributed by atoms with van der Waals surface area (Å²) in [4.78, 5) is 51.4. The molecular weight excluding hydrogens is 576 g/mol. The molecule has 0 saturated carbocycles. The van der Waals surface area contributed by atoms with Gasteiger partial charge in [-0.15, -0.1) is 0 Å². The zero-order chi connectivity index (χ0) is 32.3. The first-order valence-electron chi connectivity index (χ1n) is 14.7. The standard InChI is InChI=1S/C34H40N4O7/c1-2-21-44-33(42)35-20-10-9-15-29(31(40)36-28-18-16-26(23-39)17-19-28)37-32(41)30(22-25-11-5-3-6-12-25)38-34(43)45-24-27-13-7-4-8-14-27/h2-8,11-14,16-19,29-30,39H,1,9-10,15,20-24H2,(H,35,42)(H,36,40)(H,37,41)(H,38,43)/t29?,30-/m0/s1. The number of benzene rings is 3. The van der Waals surface area contributed by atoms with E-state index in [0.29, 0.717) is 30.6 Å². The van der Waals surface area contributed by atoms with Crippen LogP contribution in [0.4, 0.5) is 15.3 Å². The quantitative estimate of drug-likeness (QED) is 0.112. The molecule has 0 bridgehead atoms. The van der Waals surface area contributed by atoms with Crippen LogP contribution in [0.5, 0.6) is 0 Å². The van der Waals surface area contributed by atoms with E-state index in [1.165, 1.54) is 6.08 Å². The van der Waals surface area contributed by atoms with Gasteiger partial charge >= 0.3 is 12.2 Å². The second-order valence-electron chi connectivity index (χ2n) is 10.2. The number of ether oxygens (including phenoxy) is 2. The predicted octanol–water partition coefficient (Wildman–Crippen LogP) is 4.22. The number of aliphatic hydroxyl groups is 1. The smallest absolute Gasteiger partial charge is 0.408 e. The van der Waals surface area contributed by atoms with E-state index in [1.54, 1.807) is 24.3 Å². The van der Waals surface area contributed by atoms with Gasteiger partial charge in [-0.2, -0.15) is 0 Å². The number of aliphatic hydroxyl groups excluding tert-OH is 1. The molecule has 5 N–H and O–H groups in total. The summed E-state index contributed by atoms with van der Waals surface area (Å²) < 4.78 is 10.2. The van der Waals surface area contributed by atoms with Crippen LogP contribution in [0, 0.1) is 0 Å². The van der Waals surface area contributed by atoms with Crippen LogP contribution in [0.15, 0.2) is 97.6 Å². The van der Waals surface area contributed by atoms with E-state index in [9.17, 15) is 24.3 Å². The van der Waals surface area contributed by atoms with Crippen LogP contribution < -0.4 is 21.3 Å². The maximum absolute atomic E-state index is 13.6. The first-order valence-corrected chi connectivity index (χ1v) is 14.7. The van der Waals surface area contributed by atoms with Crippen LogP contribution in [-0.2, 0) is 38.7 Å². The van der Waals surface area contributed by atoms with Crippen LogP contribution in [0.3, 0.4) is 0 Å². The Morgan fingerprint density at radius 3 is 2.04 bits per heavy atom. The highest BCUT2D eigenvalue weighted by Crippen LogP contribution is 2.13. The average molecular weight is 617 g/mol. The van der Waals surface area contributed by atoms with Crippen LogP contribution in [0.1, 0.15) is 36.0 Å². The van der Waals surface area contributed by atoms with Crippen molar-refractivity contribution in [3.8, 4) is 0 Å². The van der Waals surface area contributed by atoms with Gasteiger partial charge in [0.25, 0.3) is 0 Å². The summed E-state index contributed by atoms with van der Waals surface area (Å²) in [5, 5.41) is 20.2. The van der Waals surface area contributed by atoms with Crippen molar-refractivity contribution >= 4 is 29.7 Å². The van der Waals surface area contributed by atoms with Crippen LogP contribution in [0.2, 0.25) is 0 Å². The number of unbranched alkanes of at least 4 members (excludes halogenated alkanes) is 1. The molecule has 1 unspecified atom stereocenters. The van der Waals surface area contributed by atoms with Gasteiger partial charge in [0.05, 0.1) is 6.61 Å². The van der Waals surface area contributed by atoms with Crippen molar-refractivity contribution in [3.63, 3.8) is 0 Å². The molecule has 0 aliphatic carbocycles. The number of nitrogens with one attached hydrogen (secondary N) is 4. The van der Waals surface area contributed by atoms with Gasteiger partial charge in [-0.3, -0.25) is 9.59 Å². The Morgan fingerprint density at radius 2 is 1.40 bits per heavy atom. The maximum atomic E-state index is 13.6. The molecule has 0 aliphatic heterocycles. The molecule has 0 aromatic heterocycles. The Kier molecular flexibility index (Phi) is 14.6. The van der Waals surface area contributed by atoms with Crippen molar-refractivity contribution in [2.45, 2.75) is 51.0 Å². The zero-order valence-electron chi connectivity index (χ0n) is 25.1. The Balaban J connectivity index is 1.68. The Bertz CT molecular complexity index is 1370. The minimum Gasteiger partial charge on any atom is -0.445 e. The van der Waals surface area contributed by atoms with Crippen molar-refractivity contribution in [1.82, 2.24) is 16.0 Å². The first kappa shape index (κ1) is 34.3. The lowest BCUT2D eigenvalue weighted by molar-refractivity contribution is -0.128. The molecule has 0 fully saturated rings. The van der Waals surface area contributed by atoms with Gasteiger partial charge in [0.2, 0.25) is 11.8 Å². The molecule has 2 atom stereocenters. The van der Waals surface area contributed by atoms with Crippen molar-refractivity contribution in [3.05, 3.63) is 114 Å². The number of alkyl carbamates (subject to hydrolysis) is 2. The fourth-order valence-electron chi connectivity index (χ4n) is 4.28. The molecule has 0 saturated heterocycles. The van der Waals surface area contributed by atoms with E-state index in [1.807, 2.05) is 60.7 Å². The third-order valence-electron chi connectivity index (χ3n) is 6.66. The number of anilines is 1. The van der Waals surface area contributed by atoms with E-state index in [0.717, 1.165) is 11.1 Å². The van der Waals surface area contributed by atoms with E-state index in [-0.39, 0.29) is 32.7 Å². The molecule has 0 aliphatic rings. The van der Waals surface area contributed by atoms with Gasteiger partial charge in [0.15, 0.2) is 0 Å². The summed E-state index contributed by atoms with van der Waals surface area (Å²) in [5.41, 5.74) is 2.78. The predicted molar refractivity (Wildman–Crippen MR) is 170 cm³/mol. The molecule has 3 rings (SSSR count). The molecule has 3 aromatic carbocycles. The fourth-order valence-corrected chi connectivity index (χ4v) is 4.28. The largest absolute Gasteiger partial charge is 0.445 e. The number of amides is 4. The number of hydrogen-bond acceptors (Lipinski definition) is 7. The minimum absolute atomic E-state index is 0.0294. The Hall–Kier alpha value is -5.16. The monoisotopic (exact) mass is 616 g/mol. The highest BCUT2D eigenvalue weighted by molar-refractivity contribution is 5.98. The number of rotatable bonds is 17. The molecule has 0 spiro atoms. The third kappa shape index (κ3) is 12.9. The summed E-state index contributed by atoms with van der Waals surface area (Å²) in [6, 6.07) is 23.0. The van der Waals surface area contributed by atoms with Gasteiger partial charge in [-0.05, 0) is 48.1 Å². The molecule has 4 amide bonds. The lowest BCUT2D eigenvalue weighted by Crippen LogP contribution is -2.53. The van der Waals surface area contributed by atoms with Gasteiger partial charge < -0.3 is 35.8 Å². The first-order chi connectivity index (χ1) is 21.9. The number of carbonyl (C=O) groups is 4. The second kappa shape index (κ2) is 19.2. The van der Waals surface area contributed by atoms with Crippen LogP contribution in [0.25, 0.3) is 0 Å². The molecule has 11 heteroatoms. The highest BCUT2D eigenvalue weighted by Gasteiger charge is 2.27. The lowest BCUT2D eigenvalue weighted by Gasteiger charge is -2.23. The fraction of sp³-hybridized carbons (Fsp3) is 0.294. The summed E-state index contributed by atoms with van der Waals surface area (Å²) in [6.07, 6.45) is 1.55. The Labute approximate surface area is 263 Å². The van der Waals surface area contributed by atoms with Crippen LogP contribution in [-0.4, -0.2) is 54.3 Å². The normalized spacial score (nSPS) is 11.8. The summed E-state index contributed by atoms with van der Waals surface area (Å²) >= 11 is 0. The molecule has 3 aromatic rings. The summed E-state index contributed by atoms with van der Waals surface area (Å²) in [6.45, 7) is 3.80. The average Bonchev–Trinajstić information content (AvgIpc) is 3.06. The highest BCUT2D eigenvalue weighted by atomic mass is 16.6. The van der Waals surface area contributed by atoms with Gasteiger partial charge in [-0.1, -0.05) is 85.5 Å². The molecular formula is C34H40N4O7. The van der Waals surface area contributed by atoms with Crippen molar-refractivity contribution in [2.24, 2.45) is 0 Å². The molecule has 0 radical (unpaired) electrons. The summed E-state index contributed by atoms with van der Waals surface area (Å²) in [7, 11) is 0. The molecule has 45 heavy (non-hydrogen) atoms. The summed E-state index contributed by atoms with van der Waals surface area (Å²) in [5.74, 6) is -1.01. The van der Waals surface area contributed by atoms with E-state index < -0.39 is 36.1 Å². The van der Waals surface area contributed by atoms with E-state index >= 15 is 0 Å². The topological polar surface area (TPSA) is 155 Å². The Morgan fingerprint density at radius 1 is 0.733 bits per heavy atom. The third-order valence-corrected chi connectivity index (χ3v) is 6.66. The SMILES string of the molecule is C=CCOC(=O)NCCCCC(NC(=O)[C@H](Cc1ccccc1)NC(=O)OCc1ccccc1)C(=O)Nc1ccc(CO)cc1.